The molecular weight excluding hydrogens is 316 g/mol. The Morgan fingerprint density at radius 1 is 1.30 bits per heavy atom. The highest BCUT2D eigenvalue weighted by atomic mass is 35.5. The van der Waals surface area contributed by atoms with E-state index in [2.05, 4.69) is 15.5 Å². The van der Waals surface area contributed by atoms with Crippen molar-refractivity contribution in [1.29, 1.82) is 0 Å². The second kappa shape index (κ2) is 6.68. The Bertz CT molecular complexity index is 686. The van der Waals surface area contributed by atoms with Crippen LogP contribution in [0, 0.1) is 0 Å². The molecule has 23 heavy (non-hydrogen) atoms. The molecule has 1 N–H and O–H groups in total. The number of likely N-dealkylation sites (tertiary alicyclic amines) is 1. The zero-order chi connectivity index (χ0) is 16.4. The van der Waals surface area contributed by atoms with Gasteiger partial charge in [-0.1, -0.05) is 30.7 Å². The molecule has 1 aliphatic heterocycles. The first kappa shape index (κ1) is 16.0. The van der Waals surface area contributed by atoms with Gasteiger partial charge in [0, 0.05) is 31.0 Å². The Hall–Kier alpha value is -1.92. The van der Waals surface area contributed by atoms with Gasteiger partial charge in [0.2, 0.25) is 17.7 Å². The fraction of sp³-hybridized carbons (Fsp3) is 0.438. The Balaban J connectivity index is 1.73. The smallest absolute Gasteiger partial charge is 0.230 e. The lowest BCUT2D eigenvalue weighted by Gasteiger charge is -2.25. The molecule has 0 spiro atoms. The molecule has 1 aromatic carbocycles. The molecule has 3 rings (SSSR count). The van der Waals surface area contributed by atoms with Crippen LogP contribution in [0.15, 0.2) is 28.7 Å². The summed E-state index contributed by atoms with van der Waals surface area (Å²) in [7, 11) is 1.82. The summed E-state index contributed by atoms with van der Waals surface area (Å²) in [6, 6.07) is 7.56. The minimum Gasteiger partial charge on any atom is -0.424 e. The number of halogens is 1. The second-order valence-electron chi connectivity index (χ2n) is 5.64. The molecule has 2 atom stereocenters. The number of nitrogens with one attached hydrogen (secondary N) is 1. The van der Waals surface area contributed by atoms with E-state index in [-0.39, 0.29) is 18.0 Å². The summed E-state index contributed by atoms with van der Waals surface area (Å²) in [4.78, 5) is 13.9. The molecule has 1 aliphatic rings. The fourth-order valence-electron chi connectivity index (χ4n) is 2.89. The number of nitrogens with zero attached hydrogens (tertiary/aromatic N) is 3. The molecule has 122 valence electrons. The maximum Gasteiger partial charge on any atom is 0.230 e. The predicted octanol–water partition coefficient (Wildman–Crippen LogP) is 2.35. The third-order valence-corrected chi connectivity index (χ3v) is 4.38. The van der Waals surface area contributed by atoms with Gasteiger partial charge in [-0.15, -0.1) is 10.2 Å². The van der Waals surface area contributed by atoms with Gasteiger partial charge in [0.15, 0.2) is 0 Å². The van der Waals surface area contributed by atoms with Gasteiger partial charge >= 0.3 is 0 Å². The Labute approximate surface area is 139 Å². The molecule has 2 heterocycles. The molecule has 1 saturated heterocycles. The van der Waals surface area contributed by atoms with E-state index in [1.807, 2.05) is 38.2 Å². The predicted molar refractivity (Wildman–Crippen MR) is 85.9 cm³/mol. The topological polar surface area (TPSA) is 71.3 Å². The van der Waals surface area contributed by atoms with E-state index in [9.17, 15) is 4.79 Å². The van der Waals surface area contributed by atoms with Gasteiger partial charge in [0.1, 0.15) is 0 Å². The minimum absolute atomic E-state index is 0.00866. The largest absolute Gasteiger partial charge is 0.424 e. The number of aromatic nitrogens is 2. The molecule has 1 aromatic heterocycles. The molecule has 0 aliphatic carbocycles. The molecule has 0 radical (unpaired) electrons. The van der Waals surface area contributed by atoms with Gasteiger partial charge < -0.3 is 14.6 Å². The van der Waals surface area contributed by atoms with E-state index in [4.69, 9.17) is 16.0 Å². The highest BCUT2D eigenvalue weighted by Crippen LogP contribution is 2.32. The van der Waals surface area contributed by atoms with Crippen LogP contribution in [-0.2, 0) is 17.8 Å². The van der Waals surface area contributed by atoms with E-state index >= 15 is 0 Å². The van der Waals surface area contributed by atoms with Crippen molar-refractivity contribution in [3.05, 3.63) is 46.6 Å². The van der Waals surface area contributed by atoms with E-state index in [1.165, 1.54) is 0 Å². The van der Waals surface area contributed by atoms with Gasteiger partial charge in [-0.3, -0.25) is 4.79 Å². The summed E-state index contributed by atoms with van der Waals surface area (Å²) >= 11 is 5.95. The van der Waals surface area contributed by atoms with E-state index in [0.29, 0.717) is 36.2 Å². The average molecular weight is 335 g/mol. The zero-order valence-electron chi connectivity index (χ0n) is 13.1. The summed E-state index contributed by atoms with van der Waals surface area (Å²) in [6.45, 7) is 2.41. The van der Waals surface area contributed by atoms with Crippen molar-refractivity contribution in [2.24, 2.45) is 0 Å². The van der Waals surface area contributed by atoms with Crippen molar-refractivity contribution in [1.82, 2.24) is 20.4 Å². The van der Waals surface area contributed by atoms with Crippen LogP contribution in [0.4, 0.5) is 0 Å². The van der Waals surface area contributed by atoms with Crippen LogP contribution in [0.25, 0.3) is 0 Å². The molecule has 1 amide bonds. The standard InChI is InChI=1S/C16H19ClN4O2/c1-3-13-19-20-14(23-13)9-18-12-8-15(22)21(2)16(12)10-4-6-11(17)7-5-10/h4-7,12,16,18H,3,8-9H2,1-2H3/t12-,16-/m0/s1. The summed E-state index contributed by atoms with van der Waals surface area (Å²) in [5.41, 5.74) is 1.06. The van der Waals surface area contributed by atoms with Crippen LogP contribution in [-0.4, -0.2) is 34.1 Å². The molecular formula is C16H19ClN4O2. The van der Waals surface area contributed by atoms with Crippen molar-refractivity contribution < 1.29 is 9.21 Å². The van der Waals surface area contributed by atoms with Crippen LogP contribution in [0.3, 0.4) is 0 Å². The minimum atomic E-state index is -0.0340. The summed E-state index contributed by atoms with van der Waals surface area (Å²) < 4.78 is 5.50. The van der Waals surface area contributed by atoms with Gasteiger partial charge in [-0.05, 0) is 17.7 Å². The van der Waals surface area contributed by atoms with Crippen molar-refractivity contribution in [3.8, 4) is 0 Å². The zero-order valence-corrected chi connectivity index (χ0v) is 13.9. The Morgan fingerprint density at radius 3 is 2.65 bits per heavy atom. The SMILES string of the molecule is CCc1nnc(CN[C@H]2CC(=O)N(C)[C@H]2c2ccc(Cl)cc2)o1. The first-order chi connectivity index (χ1) is 11.1. The molecule has 0 saturated carbocycles. The lowest BCUT2D eigenvalue weighted by Crippen LogP contribution is -2.34. The monoisotopic (exact) mass is 334 g/mol. The van der Waals surface area contributed by atoms with Crippen molar-refractivity contribution >= 4 is 17.5 Å². The van der Waals surface area contributed by atoms with Crippen molar-refractivity contribution in [2.75, 3.05) is 7.05 Å². The van der Waals surface area contributed by atoms with Crippen LogP contribution >= 0.6 is 11.6 Å². The van der Waals surface area contributed by atoms with Gasteiger partial charge in [-0.25, -0.2) is 0 Å². The molecule has 7 heteroatoms. The Morgan fingerprint density at radius 2 is 2.00 bits per heavy atom. The Kier molecular flexibility index (Phi) is 4.63. The molecule has 2 aromatic rings. The van der Waals surface area contributed by atoms with Crippen LogP contribution < -0.4 is 5.32 Å². The van der Waals surface area contributed by atoms with Crippen LogP contribution in [0.2, 0.25) is 5.02 Å². The van der Waals surface area contributed by atoms with Crippen LogP contribution in [0.5, 0.6) is 0 Å². The highest BCUT2D eigenvalue weighted by molar-refractivity contribution is 6.30. The number of carbonyl (C=O) groups is 1. The van der Waals surface area contributed by atoms with Crippen molar-refractivity contribution in [2.45, 2.75) is 38.4 Å². The number of carbonyl (C=O) groups excluding carboxylic acids is 1. The first-order valence-electron chi connectivity index (χ1n) is 7.64. The normalized spacial score (nSPS) is 21.2. The number of aryl methyl sites for hydroxylation is 1. The van der Waals surface area contributed by atoms with E-state index in [1.54, 1.807) is 4.90 Å². The maximum absolute atomic E-state index is 12.1. The maximum atomic E-state index is 12.1. The number of likely N-dealkylation sites (N-methyl/N-ethyl adjacent to an activating group) is 1. The van der Waals surface area contributed by atoms with Gasteiger partial charge in [0.05, 0.1) is 12.6 Å². The summed E-state index contributed by atoms with van der Waals surface area (Å²) in [5.74, 6) is 1.27. The van der Waals surface area contributed by atoms with Crippen molar-refractivity contribution in [3.63, 3.8) is 0 Å². The number of amides is 1. The molecule has 6 nitrogen and oxygen atoms in total. The van der Waals surface area contributed by atoms with Crippen LogP contribution in [0.1, 0.15) is 36.7 Å². The fourth-order valence-corrected chi connectivity index (χ4v) is 3.02. The third kappa shape index (κ3) is 3.38. The average Bonchev–Trinajstić information content (AvgIpc) is 3.12. The molecule has 0 bridgehead atoms. The quantitative estimate of drug-likeness (QED) is 0.908. The lowest BCUT2D eigenvalue weighted by atomic mass is 10.0. The number of rotatable bonds is 5. The third-order valence-electron chi connectivity index (χ3n) is 4.12. The summed E-state index contributed by atoms with van der Waals surface area (Å²) in [5, 5.41) is 12.0. The number of hydrogen-bond donors (Lipinski definition) is 1. The second-order valence-corrected chi connectivity index (χ2v) is 6.07. The summed E-state index contributed by atoms with van der Waals surface area (Å²) in [6.07, 6.45) is 1.16. The van der Waals surface area contributed by atoms with E-state index < -0.39 is 0 Å². The first-order valence-corrected chi connectivity index (χ1v) is 8.02. The van der Waals surface area contributed by atoms with E-state index in [0.717, 1.165) is 5.56 Å². The highest BCUT2D eigenvalue weighted by Gasteiger charge is 2.38. The number of hydrogen-bond acceptors (Lipinski definition) is 5. The lowest BCUT2D eigenvalue weighted by molar-refractivity contribution is -0.127. The van der Waals surface area contributed by atoms with Gasteiger partial charge in [-0.2, -0.15) is 0 Å². The number of benzene rings is 1. The van der Waals surface area contributed by atoms with Gasteiger partial charge in [0.25, 0.3) is 0 Å². The molecule has 0 unspecified atom stereocenters. The molecule has 1 fully saturated rings.